The molecule has 0 aliphatic rings. The molecular formula is C15H17FN2. The van der Waals surface area contributed by atoms with Crippen LogP contribution in [-0.2, 0) is 6.42 Å². The Morgan fingerprint density at radius 1 is 1.17 bits per heavy atom. The minimum Gasteiger partial charge on any atom is -0.399 e. The second kappa shape index (κ2) is 5.54. The number of nitrogen functional groups attached to an aromatic ring is 1. The normalized spacial score (nSPS) is 10.3. The number of nitrogens with two attached hydrogens (primary N) is 1. The maximum Gasteiger partial charge on any atom is 0.126 e. The molecule has 0 unspecified atom stereocenters. The number of hydrogen-bond acceptors (Lipinski definition) is 2. The summed E-state index contributed by atoms with van der Waals surface area (Å²) in [4.78, 5) is 0. The number of halogens is 1. The fourth-order valence-electron chi connectivity index (χ4n) is 1.92. The minimum atomic E-state index is -0.145. The summed E-state index contributed by atoms with van der Waals surface area (Å²) >= 11 is 0. The van der Waals surface area contributed by atoms with Gasteiger partial charge in [-0.3, -0.25) is 0 Å². The molecule has 2 aromatic rings. The van der Waals surface area contributed by atoms with Gasteiger partial charge in [-0.2, -0.15) is 0 Å². The van der Waals surface area contributed by atoms with Crippen LogP contribution in [0.4, 0.5) is 15.8 Å². The number of benzene rings is 2. The van der Waals surface area contributed by atoms with Crippen molar-refractivity contribution in [1.29, 1.82) is 0 Å². The predicted molar refractivity (Wildman–Crippen MR) is 74.2 cm³/mol. The monoisotopic (exact) mass is 244 g/mol. The van der Waals surface area contributed by atoms with Gasteiger partial charge in [0.1, 0.15) is 5.82 Å². The van der Waals surface area contributed by atoms with Crippen molar-refractivity contribution in [2.75, 3.05) is 17.6 Å². The van der Waals surface area contributed by atoms with Crippen molar-refractivity contribution in [3.63, 3.8) is 0 Å². The van der Waals surface area contributed by atoms with E-state index in [1.165, 1.54) is 6.07 Å². The van der Waals surface area contributed by atoms with Crippen LogP contribution in [0.3, 0.4) is 0 Å². The minimum absolute atomic E-state index is 0.145. The number of nitrogens with one attached hydrogen (secondary N) is 1. The third-order valence-corrected chi connectivity index (χ3v) is 2.92. The Bertz CT molecular complexity index is 538. The van der Waals surface area contributed by atoms with Crippen molar-refractivity contribution < 1.29 is 4.39 Å². The van der Waals surface area contributed by atoms with Gasteiger partial charge in [-0.05, 0) is 48.7 Å². The van der Waals surface area contributed by atoms with Gasteiger partial charge in [0, 0.05) is 17.9 Å². The van der Waals surface area contributed by atoms with Crippen molar-refractivity contribution in [3.05, 3.63) is 59.4 Å². The van der Waals surface area contributed by atoms with E-state index in [2.05, 4.69) is 5.32 Å². The summed E-state index contributed by atoms with van der Waals surface area (Å²) in [6.07, 6.45) is 0.663. The van der Waals surface area contributed by atoms with E-state index in [1.54, 1.807) is 6.07 Å². The molecule has 0 radical (unpaired) electrons. The molecule has 2 nitrogen and oxygen atoms in total. The summed E-state index contributed by atoms with van der Waals surface area (Å²) < 4.78 is 13.4. The highest BCUT2D eigenvalue weighted by molar-refractivity contribution is 5.57. The Hall–Kier alpha value is -2.03. The molecule has 0 saturated carbocycles. The molecule has 94 valence electrons. The first-order valence-electron chi connectivity index (χ1n) is 6.00. The smallest absolute Gasteiger partial charge is 0.126 e. The average Bonchev–Trinajstić information content (AvgIpc) is 2.34. The van der Waals surface area contributed by atoms with Crippen molar-refractivity contribution in [3.8, 4) is 0 Å². The standard InChI is InChI=1S/C15H17FN2/c1-11-10-13(17)6-7-15(11)18-9-8-12-4-2-3-5-14(12)16/h2-7,10,18H,8-9,17H2,1H3. The van der Waals surface area contributed by atoms with E-state index < -0.39 is 0 Å². The molecule has 0 spiro atoms. The zero-order chi connectivity index (χ0) is 13.0. The van der Waals surface area contributed by atoms with Gasteiger partial charge < -0.3 is 11.1 Å². The zero-order valence-corrected chi connectivity index (χ0v) is 10.4. The molecule has 0 fully saturated rings. The quantitative estimate of drug-likeness (QED) is 0.809. The molecule has 0 aromatic heterocycles. The van der Waals surface area contributed by atoms with Crippen molar-refractivity contribution in [2.24, 2.45) is 0 Å². The van der Waals surface area contributed by atoms with E-state index in [0.29, 0.717) is 13.0 Å². The van der Waals surface area contributed by atoms with Crippen LogP contribution >= 0.6 is 0 Å². The third kappa shape index (κ3) is 3.00. The summed E-state index contributed by atoms with van der Waals surface area (Å²) in [7, 11) is 0. The van der Waals surface area contributed by atoms with Crippen LogP contribution in [0.5, 0.6) is 0 Å². The first-order valence-corrected chi connectivity index (χ1v) is 6.00. The van der Waals surface area contributed by atoms with Crippen LogP contribution in [0.2, 0.25) is 0 Å². The van der Waals surface area contributed by atoms with E-state index >= 15 is 0 Å². The molecule has 2 rings (SSSR count). The molecule has 3 heteroatoms. The van der Waals surface area contributed by atoms with Crippen molar-refractivity contribution >= 4 is 11.4 Å². The molecule has 0 amide bonds. The van der Waals surface area contributed by atoms with E-state index in [9.17, 15) is 4.39 Å². The Morgan fingerprint density at radius 2 is 1.94 bits per heavy atom. The second-order valence-corrected chi connectivity index (χ2v) is 4.34. The molecule has 0 saturated heterocycles. The first kappa shape index (κ1) is 12.4. The van der Waals surface area contributed by atoms with Crippen LogP contribution in [0.1, 0.15) is 11.1 Å². The fraction of sp³-hybridized carbons (Fsp3) is 0.200. The van der Waals surface area contributed by atoms with E-state index in [0.717, 1.165) is 22.5 Å². The van der Waals surface area contributed by atoms with E-state index in [4.69, 9.17) is 5.73 Å². The lowest BCUT2D eigenvalue weighted by molar-refractivity contribution is 0.610. The highest BCUT2D eigenvalue weighted by Crippen LogP contribution is 2.17. The Kier molecular flexibility index (Phi) is 3.82. The lowest BCUT2D eigenvalue weighted by Gasteiger charge is -2.10. The molecule has 0 bridgehead atoms. The highest BCUT2D eigenvalue weighted by Gasteiger charge is 2.01. The Labute approximate surface area is 107 Å². The van der Waals surface area contributed by atoms with Gasteiger partial charge in [0.2, 0.25) is 0 Å². The van der Waals surface area contributed by atoms with Gasteiger partial charge in [0.05, 0.1) is 0 Å². The van der Waals surface area contributed by atoms with Gasteiger partial charge in [0.15, 0.2) is 0 Å². The van der Waals surface area contributed by atoms with Crippen LogP contribution < -0.4 is 11.1 Å². The average molecular weight is 244 g/mol. The van der Waals surface area contributed by atoms with Gasteiger partial charge in [-0.25, -0.2) is 4.39 Å². The molecule has 2 aromatic carbocycles. The summed E-state index contributed by atoms with van der Waals surface area (Å²) in [5.41, 5.74) is 9.32. The fourth-order valence-corrected chi connectivity index (χ4v) is 1.92. The van der Waals surface area contributed by atoms with Gasteiger partial charge >= 0.3 is 0 Å². The number of aryl methyl sites for hydroxylation is 1. The molecule has 0 atom stereocenters. The molecule has 0 aliphatic carbocycles. The SMILES string of the molecule is Cc1cc(N)ccc1NCCc1ccccc1F. The van der Waals surface area contributed by atoms with Crippen LogP contribution in [0, 0.1) is 12.7 Å². The maximum absolute atomic E-state index is 13.4. The summed E-state index contributed by atoms with van der Waals surface area (Å²) in [6, 6.07) is 12.6. The third-order valence-electron chi connectivity index (χ3n) is 2.92. The summed E-state index contributed by atoms with van der Waals surface area (Å²) in [5.74, 6) is -0.145. The van der Waals surface area contributed by atoms with Crippen LogP contribution in [0.15, 0.2) is 42.5 Å². The van der Waals surface area contributed by atoms with Gasteiger partial charge in [-0.15, -0.1) is 0 Å². The van der Waals surface area contributed by atoms with Crippen LogP contribution in [0.25, 0.3) is 0 Å². The Balaban J connectivity index is 1.95. The first-order chi connectivity index (χ1) is 8.66. The van der Waals surface area contributed by atoms with Crippen LogP contribution in [-0.4, -0.2) is 6.54 Å². The largest absolute Gasteiger partial charge is 0.399 e. The summed E-state index contributed by atoms with van der Waals surface area (Å²) in [5, 5.41) is 3.29. The molecule has 3 N–H and O–H groups in total. The lowest BCUT2D eigenvalue weighted by Crippen LogP contribution is -2.07. The maximum atomic E-state index is 13.4. The van der Waals surface area contributed by atoms with Gasteiger partial charge in [0.25, 0.3) is 0 Å². The zero-order valence-electron chi connectivity index (χ0n) is 10.4. The number of hydrogen-bond donors (Lipinski definition) is 2. The van der Waals surface area contributed by atoms with E-state index in [1.807, 2.05) is 37.3 Å². The molecule has 0 aliphatic heterocycles. The number of anilines is 2. The predicted octanol–water partition coefficient (Wildman–Crippen LogP) is 3.37. The Morgan fingerprint density at radius 3 is 2.67 bits per heavy atom. The highest BCUT2D eigenvalue weighted by atomic mass is 19.1. The summed E-state index contributed by atoms with van der Waals surface area (Å²) in [6.45, 7) is 2.70. The molecular weight excluding hydrogens is 227 g/mol. The van der Waals surface area contributed by atoms with Gasteiger partial charge in [-0.1, -0.05) is 18.2 Å². The molecule has 18 heavy (non-hydrogen) atoms. The van der Waals surface area contributed by atoms with Crippen molar-refractivity contribution in [2.45, 2.75) is 13.3 Å². The topological polar surface area (TPSA) is 38.0 Å². The van der Waals surface area contributed by atoms with Crippen molar-refractivity contribution in [1.82, 2.24) is 0 Å². The van der Waals surface area contributed by atoms with E-state index in [-0.39, 0.29) is 5.82 Å². The second-order valence-electron chi connectivity index (χ2n) is 4.34. The lowest BCUT2D eigenvalue weighted by atomic mass is 10.1. The molecule has 0 heterocycles. The number of rotatable bonds is 4.